The summed E-state index contributed by atoms with van der Waals surface area (Å²) >= 11 is 0. The molecule has 2 nitrogen and oxygen atoms in total. The SMILES string of the molecule is CC(C)C1CCCC(CN)(N2CCCCCCC2)CC1. The van der Waals surface area contributed by atoms with Crippen molar-refractivity contribution in [2.75, 3.05) is 19.6 Å². The molecule has 2 fully saturated rings. The Morgan fingerprint density at radius 3 is 2.20 bits per heavy atom. The van der Waals surface area contributed by atoms with Crippen molar-refractivity contribution in [1.29, 1.82) is 0 Å². The smallest absolute Gasteiger partial charge is 0.0331 e. The van der Waals surface area contributed by atoms with Crippen LogP contribution in [0, 0.1) is 11.8 Å². The fourth-order valence-electron chi connectivity index (χ4n) is 4.45. The van der Waals surface area contributed by atoms with Crippen molar-refractivity contribution in [1.82, 2.24) is 4.90 Å². The summed E-state index contributed by atoms with van der Waals surface area (Å²) in [5.74, 6) is 1.77. The maximum Gasteiger partial charge on any atom is 0.0331 e. The van der Waals surface area contributed by atoms with Crippen LogP contribution in [0.15, 0.2) is 0 Å². The van der Waals surface area contributed by atoms with Gasteiger partial charge >= 0.3 is 0 Å². The van der Waals surface area contributed by atoms with E-state index in [1.807, 2.05) is 0 Å². The predicted molar refractivity (Wildman–Crippen MR) is 87.9 cm³/mol. The lowest BCUT2D eigenvalue weighted by molar-refractivity contribution is 0.0675. The van der Waals surface area contributed by atoms with E-state index in [1.54, 1.807) is 0 Å². The molecule has 0 radical (unpaired) electrons. The minimum Gasteiger partial charge on any atom is -0.329 e. The van der Waals surface area contributed by atoms with Crippen LogP contribution < -0.4 is 5.73 Å². The molecule has 2 heteroatoms. The first-order valence-electron chi connectivity index (χ1n) is 9.13. The fourth-order valence-corrected chi connectivity index (χ4v) is 4.45. The van der Waals surface area contributed by atoms with E-state index in [4.69, 9.17) is 5.73 Å². The van der Waals surface area contributed by atoms with Crippen molar-refractivity contribution in [3.63, 3.8) is 0 Å². The summed E-state index contributed by atoms with van der Waals surface area (Å²) in [4.78, 5) is 2.80. The zero-order valence-electron chi connectivity index (χ0n) is 13.9. The van der Waals surface area contributed by atoms with Crippen molar-refractivity contribution in [2.24, 2.45) is 17.6 Å². The van der Waals surface area contributed by atoms with Crippen molar-refractivity contribution in [2.45, 2.75) is 83.6 Å². The molecule has 0 aromatic heterocycles. The number of rotatable bonds is 3. The van der Waals surface area contributed by atoms with Crippen LogP contribution in [0.25, 0.3) is 0 Å². The van der Waals surface area contributed by atoms with Gasteiger partial charge < -0.3 is 5.73 Å². The highest BCUT2D eigenvalue weighted by atomic mass is 15.2. The van der Waals surface area contributed by atoms with Gasteiger partial charge in [-0.2, -0.15) is 0 Å². The van der Waals surface area contributed by atoms with E-state index in [-0.39, 0.29) is 0 Å². The second-order valence-corrected chi connectivity index (χ2v) is 7.62. The Kier molecular flexibility index (Phi) is 6.35. The highest BCUT2D eigenvalue weighted by Gasteiger charge is 2.37. The van der Waals surface area contributed by atoms with Crippen LogP contribution in [0.1, 0.15) is 78.1 Å². The van der Waals surface area contributed by atoms with Gasteiger partial charge in [0.1, 0.15) is 0 Å². The molecule has 1 saturated carbocycles. The summed E-state index contributed by atoms with van der Waals surface area (Å²) in [7, 11) is 0. The van der Waals surface area contributed by atoms with Gasteiger partial charge in [0.2, 0.25) is 0 Å². The molecule has 2 rings (SSSR count). The Labute approximate surface area is 126 Å². The van der Waals surface area contributed by atoms with Crippen LogP contribution >= 0.6 is 0 Å². The average Bonchev–Trinajstić information content (AvgIpc) is 2.61. The molecule has 2 aliphatic rings. The first-order valence-corrected chi connectivity index (χ1v) is 9.13. The third-order valence-corrected chi connectivity index (χ3v) is 6.05. The van der Waals surface area contributed by atoms with Gasteiger partial charge in [0.15, 0.2) is 0 Å². The van der Waals surface area contributed by atoms with Crippen LogP contribution in [0.3, 0.4) is 0 Å². The Balaban J connectivity index is 2.03. The molecule has 0 aromatic carbocycles. The van der Waals surface area contributed by atoms with Crippen molar-refractivity contribution in [3.05, 3.63) is 0 Å². The van der Waals surface area contributed by atoms with Gasteiger partial charge in [0, 0.05) is 12.1 Å². The highest BCUT2D eigenvalue weighted by molar-refractivity contribution is 4.95. The Hall–Kier alpha value is -0.0800. The van der Waals surface area contributed by atoms with E-state index < -0.39 is 0 Å². The highest BCUT2D eigenvalue weighted by Crippen LogP contribution is 2.37. The van der Waals surface area contributed by atoms with Gasteiger partial charge in [0.25, 0.3) is 0 Å². The average molecular weight is 280 g/mol. The van der Waals surface area contributed by atoms with Gasteiger partial charge in [0.05, 0.1) is 0 Å². The van der Waals surface area contributed by atoms with Gasteiger partial charge in [-0.05, 0) is 57.0 Å². The largest absolute Gasteiger partial charge is 0.329 e. The van der Waals surface area contributed by atoms with E-state index in [9.17, 15) is 0 Å². The van der Waals surface area contributed by atoms with E-state index in [1.165, 1.54) is 77.3 Å². The molecule has 2 unspecified atom stereocenters. The molecule has 2 N–H and O–H groups in total. The maximum atomic E-state index is 6.31. The van der Waals surface area contributed by atoms with Gasteiger partial charge in [-0.25, -0.2) is 0 Å². The molecule has 1 aliphatic carbocycles. The molecule has 0 amide bonds. The molecule has 118 valence electrons. The molecule has 0 aromatic rings. The van der Waals surface area contributed by atoms with Crippen LogP contribution in [-0.2, 0) is 0 Å². The Morgan fingerprint density at radius 1 is 0.950 bits per heavy atom. The molecular weight excluding hydrogens is 244 g/mol. The minimum absolute atomic E-state index is 0.334. The number of hydrogen-bond acceptors (Lipinski definition) is 2. The van der Waals surface area contributed by atoms with Gasteiger partial charge in [-0.15, -0.1) is 0 Å². The Bertz CT molecular complexity index is 269. The maximum absolute atomic E-state index is 6.31. The molecule has 1 heterocycles. The summed E-state index contributed by atoms with van der Waals surface area (Å²) in [5.41, 5.74) is 6.64. The number of likely N-dealkylation sites (tertiary alicyclic amines) is 1. The molecule has 0 spiro atoms. The standard InChI is InChI=1S/C18H36N2/c1-16(2)17-9-8-11-18(15-19,12-10-17)20-13-6-4-3-5-7-14-20/h16-17H,3-15,19H2,1-2H3. The number of hydrogen-bond donors (Lipinski definition) is 1. The fraction of sp³-hybridized carbons (Fsp3) is 1.00. The minimum atomic E-state index is 0.334. The van der Waals surface area contributed by atoms with Crippen molar-refractivity contribution < 1.29 is 0 Å². The van der Waals surface area contributed by atoms with E-state index in [2.05, 4.69) is 18.7 Å². The zero-order valence-corrected chi connectivity index (χ0v) is 13.9. The molecule has 0 bridgehead atoms. The van der Waals surface area contributed by atoms with Crippen molar-refractivity contribution >= 4 is 0 Å². The predicted octanol–water partition coefficient (Wildman–Crippen LogP) is 4.19. The van der Waals surface area contributed by atoms with E-state index in [0.29, 0.717) is 5.54 Å². The second kappa shape index (κ2) is 7.79. The number of nitrogens with two attached hydrogens (primary N) is 1. The van der Waals surface area contributed by atoms with Crippen LogP contribution in [-0.4, -0.2) is 30.1 Å². The van der Waals surface area contributed by atoms with Crippen LogP contribution in [0.2, 0.25) is 0 Å². The quantitative estimate of drug-likeness (QED) is 0.786. The number of nitrogens with zero attached hydrogens (tertiary/aromatic N) is 1. The first-order chi connectivity index (χ1) is 9.68. The Morgan fingerprint density at radius 2 is 1.60 bits per heavy atom. The lowest BCUT2D eigenvalue weighted by Gasteiger charge is -2.44. The molecule has 20 heavy (non-hydrogen) atoms. The van der Waals surface area contributed by atoms with Gasteiger partial charge in [-0.3, -0.25) is 4.90 Å². The molecule has 1 saturated heterocycles. The summed E-state index contributed by atoms with van der Waals surface area (Å²) in [6.45, 7) is 8.26. The monoisotopic (exact) mass is 280 g/mol. The second-order valence-electron chi connectivity index (χ2n) is 7.62. The van der Waals surface area contributed by atoms with Crippen molar-refractivity contribution in [3.8, 4) is 0 Å². The normalized spacial score (nSPS) is 34.5. The van der Waals surface area contributed by atoms with Crippen LogP contribution in [0.4, 0.5) is 0 Å². The van der Waals surface area contributed by atoms with Crippen LogP contribution in [0.5, 0.6) is 0 Å². The third kappa shape index (κ3) is 3.98. The summed E-state index contributed by atoms with van der Waals surface area (Å²) < 4.78 is 0. The summed E-state index contributed by atoms with van der Waals surface area (Å²) in [6, 6.07) is 0. The summed E-state index contributed by atoms with van der Waals surface area (Å²) in [5, 5.41) is 0. The lowest BCUT2D eigenvalue weighted by atomic mass is 9.85. The molecule has 2 atom stereocenters. The van der Waals surface area contributed by atoms with E-state index in [0.717, 1.165) is 18.4 Å². The topological polar surface area (TPSA) is 29.3 Å². The third-order valence-electron chi connectivity index (χ3n) is 6.05. The summed E-state index contributed by atoms with van der Waals surface area (Å²) in [6.07, 6.45) is 13.9. The molecule has 1 aliphatic heterocycles. The lowest BCUT2D eigenvalue weighted by Crippen LogP contribution is -2.54. The van der Waals surface area contributed by atoms with Gasteiger partial charge in [-0.1, -0.05) is 46.0 Å². The molecular formula is C18H36N2. The van der Waals surface area contributed by atoms with E-state index >= 15 is 0 Å². The zero-order chi connectivity index (χ0) is 14.4. The first kappa shape index (κ1) is 16.3.